The summed E-state index contributed by atoms with van der Waals surface area (Å²) in [7, 11) is 1.54. The Labute approximate surface area is 108 Å². The van der Waals surface area contributed by atoms with E-state index >= 15 is 0 Å². The van der Waals surface area contributed by atoms with Crippen LogP contribution >= 0.6 is 0 Å². The lowest BCUT2D eigenvalue weighted by Crippen LogP contribution is -2.42. The van der Waals surface area contributed by atoms with Gasteiger partial charge in [0, 0.05) is 13.5 Å². The fraction of sp³-hybridized carbons (Fsp3) is 0.818. The fourth-order valence-corrected chi connectivity index (χ4v) is 1.35. The molecule has 7 heteroatoms. The highest BCUT2D eigenvalue weighted by molar-refractivity contribution is 5.76. The SMILES string of the molecule is CCCNCCCCC(=O)NN(C)CC(=O)O.N. The minimum Gasteiger partial charge on any atom is -0.480 e. The first-order chi connectivity index (χ1) is 8.06. The molecular formula is C11H26N4O3. The monoisotopic (exact) mass is 262 g/mol. The lowest BCUT2D eigenvalue weighted by atomic mass is 10.2. The second-order valence-electron chi connectivity index (χ2n) is 3.99. The van der Waals surface area contributed by atoms with Crippen LogP contribution in [0.4, 0.5) is 0 Å². The molecule has 0 unspecified atom stereocenters. The first-order valence-electron chi connectivity index (χ1n) is 5.99. The van der Waals surface area contributed by atoms with E-state index in [-0.39, 0.29) is 18.6 Å². The smallest absolute Gasteiger partial charge is 0.319 e. The van der Waals surface area contributed by atoms with Gasteiger partial charge in [0.15, 0.2) is 0 Å². The van der Waals surface area contributed by atoms with Gasteiger partial charge >= 0.3 is 5.97 Å². The highest BCUT2D eigenvalue weighted by Gasteiger charge is 2.07. The van der Waals surface area contributed by atoms with Crippen molar-refractivity contribution < 1.29 is 14.7 Å². The molecule has 1 amide bonds. The molecule has 0 spiro atoms. The van der Waals surface area contributed by atoms with E-state index in [1.807, 2.05) is 0 Å². The average molecular weight is 262 g/mol. The average Bonchev–Trinajstić information content (AvgIpc) is 2.21. The number of hydrazine groups is 1. The number of unbranched alkanes of at least 4 members (excludes halogenated alkanes) is 1. The van der Waals surface area contributed by atoms with Gasteiger partial charge < -0.3 is 16.6 Å². The van der Waals surface area contributed by atoms with Crippen LogP contribution in [0.25, 0.3) is 0 Å². The number of nitrogens with zero attached hydrogens (tertiary/aromatic N) is 1. The number of carbonyl (C=O) groups is 2. The van der Waals surface area contributed by atoms with Crippen LogP contribution in [0.15, 0.2) is 0 Å². The number of carbonyl (C=O) groups excluding carboxylic acids is 1. The topological polar surface area (TPSA) is 117 Å². The zero-order valence-corrected chi connectivity index (χ0v) is 11.4. The number of amides is 1. The van der Waals surface area contributed by atoms with Crippen molar-refractivity contribution >= 4 is 11.9 Å². The zero-order valence-electron chi connectivity index (χ0n) is 11.4. The van der Waals surface area contributed by atoms with Gasteiger partial charge in [-0.25, -0.2) is 5.01 Å². The van der Waals surface area contributed by atoms with Crippen molar-refractivity contribution in [1.29, 1.82) is 0 Å². The van der Waals surface area contributed by atoms with Crippen LogP contribution in [0.1, 0.15) is 32.6 Å². The summed E-state index contributed by atoms with van der Waals surface area (Å²) in [4.78, 5) is 21.7. The highest BCUT2D eigenvalue weighted by atomic mass is 16.4. The number of carboxylic acid groups (broad SMARTS) is 1. The Kier molecular flexibility index (Phi) is 13.1. The van der Waals surface area contributed by atoms with Crippen LogP contribution in [0.2, 0.25) is 0 Å². The van der Waals surface area contributed by atoms with E-state index in [1.54, 1.807) is 0 Å². The Hall–Kier alpha value is -1.18. The van der Waals surface area contributed by atoms with Crippen molar-refractivity contribution in [2.75, 3.05) is 26.7 Å². The summed E-state index contributed by atoms with van der Waals surface area (Å²) in [6.45, 7) is 3.85. The van der Waals surface area contributed by atoms with Crippen LogP contribution < -0.4 is 16.9 Å². The quantitative estimate of drug-likeness (QED) is 0.334. The Morgan fingerprint density at radius 1 is 1.22 bits per heavy atom. The third kappa shape index (κ3) is 12.9. The maximum Gasteiger partial charge on any atom is 0.319 e. The number of aliphatic carboxylic acids is 1. The molecule has 0 aliphatic carbocycles. The van der Waals surface area contributed by atoms with E-state index < -0.39 is 5.97 Å². The Morgan fingerprint density at radius 2 is 1.89 bits per heavy atom. The molecule has 108 valence electrons. The normalized spacial score (nSPS) is 9.94. The van der Waals surface area contributed by atoms with Gasteiger partial charge in [0.1, 0.15) is 6.54 Å². The molecule has 0 rings (SSSR count). The number of hydrogen-bond donors (Lipinski definition) is 4. The number of likely N-dealkylation sites (N-methyl/N-ethyl adjacent to an activating group) is 1. The summed E-state index contributed by atoms with van der Waals surface area (Å²) in [5.41, 5.74) is 2.51. The first kappa shape index (κ1) is 19.2. The predicted molar refractivity (Wildman–Crippen MR) is 70.4 cm³/mol. The maximum atomic E-state index is 11.4. The second-order valence-corrected chi connectivity index (χ2v) is 3.99. The lowest BCUT2D eigenvalue weighted by Gasteiger charge is -2.15. The largest absolute Gasteiger partial charge is 0.480 e. The van der Waals surface area contributed by atoms with Gasteiger partial charge in [-0.2, -0.15) is 0 Å². The van der Waals surface area contributed by atoms with Gasteiger partial charge in [0.05, 0.1) is 0 Å². The van der Waals surface area contributed by atoms with Gasteiger partial charge in [-0.05, 0) is 32.4 Å². The molecule has 0 aromatic carbocycles. The molecule has 0 fully saturated rings. The lowest BCUT2D eigenvalue weighted by molar-refractivity contribution is -0.139. The molecule has 0 heterocycles. The van der Waals surface area contributed by atoms with E-state index in [0.29, 0.717) is 6.42 Å². The van der Waals surface area contributed by atoms with Gasteiger partial charge in [-0.3, -0.25) is 15.0 Å². The molecule has 6 N–H and O–H groups in total. The van der Waals surface area contributed by atoms with E-state index in [2.05, 4.69) is 17.7 Å². The molecule has 0 aromatic heterocycles. The maximum absolute atomic E-state index is 11.4. The van der Waals surface area contributed by atoms with Gasteiger partial charge in [-0.15, -0.1) is 0 Å². The number of carboxylic acids is 1. The first-order valence-corrected chi connectivity index (χ1v) is 5.99. The Morgan fingerprint density at radius 3 is 2.44 bits per heavy atom. The van der Waals surface area contributed by atoms with Gasteiger partial charge in [-0.1, -0.05) is 6.92 Å². The second kappa shape index (κ2) is 12.3. The molecule has 0 radical (unpaired) electrons. The van der Waals surface area contributed by atoms with Crippen molar-refractivity contribution in [2.24, 2.45) is 0 Å². The number of nitrogens with one attached hydrogen (secondary N) is 2. The van der Waals surface area contributed by atoms with Crippen LogP contribution in [0, 0.1) is 0 Å². The standard InChI is InChI=1S/C11H23N3O3.H3N/c1-3-7-12-8-5-4-6-10(15)13-14(2)9-11(16)17;/h12H,3-9H2,1-2H3,(H,13,15)(H,16,17);1H3. The third-order valence-corrected chi connectivity index (χ3v) is 2.12. The van der Waals surface area contributed by atoms with E-state index in [4.69, 9.17) is 5.11 Å². The summed E-state index contributed by atoms with van der Waals surface area (Å²) < 4.78 is 0. The molecule has 18 heavy (non-hydrogen) atoms. The Balaban J connectivity index is 0. The highest BCUT2D eigenvalue weighted by Crippen LogP contribution is 1.94. The molecule has 0 saturated carbocycles. The van der Waals surface area contributed by atoms with Crippen LogP contribution in [-0.2, 0) is 9.59 Å². The minimum absolute atomic E-state index is 0. The van der Waals surface area contributed by atoms with Crippen LogP contribution in [0.3, 0.4) is 0 Å². The van der Waals surface area contributed by atoms with E-state index in [9.17, 15) is 9.59 Å². The van der Waals surface area contributed by atoms with Crippen molar-refractivity contribution in [3.63, 3.8) is 0 Å². The van der Waals surface area contributed by atoms with Crippen molar-refractivity contribution in [1.82, 2.24) is 21.9 Å². The van der Waals surface area contributed by atoms with Gasteiger partial charge in [0.2, 0.25) is 5.91 Å². The molecule has 0 aliphatic heterocycles. The molecule has 0 atom stereocenters. The van der Waals surface area contributed by atoms with Crippen molar-refractivity contribution in [2.45, 2.75) is 32.6 Å². The summed E-state index contributed by atoms with van der Waals surface area (Å²) in [6.07, 6.45) is 3.30. The van der Waals surface area contributed by atoms with E-state index in [0.717, 1.165) is 32.4 Å². The number of rotatable bonds is 10. The predicted octanol–water partition coefficient (Wildman–Crippen LogP) is 0.366. The van der Waals surface area contributed by atoms with Gasteiger partial charge in [0.25, 0.3) is 0 Å². The molecule has 0 aromatic rings. The number of hydrogen-bond acceptors (Lipinski definition) is 5. The van der Waals surface area contributed by atoms with Crippen molar-refractivity contribution in [3.05, 3.63) is 0 Å². The summed E-state index contributed by atoms with van der Waals surface area (Å²) in [5, 5.41) is 13.0. The zero-order chi connectivity index (χ0) is 13.1. The molecule has 0 bridgehead atoms. The van der Waals surface area contributed by atoms with E-state index in [1.165, 1.54) is 12.1 Å². The van der Waals surface area contributed by atoms with Crippen LogP contribution in [-0.4, -0.2) is 48.7 Å². The Bertz CT molecular complexity index is 236. The summed E-state index contributed by atoms with van der Waals surface area (Å²) in [6, 6.07) is 0. The minimum atomic E-state index is -0.962. The molecule has 0 aliphatic rings. The van der Waals surface area contributed by atoms with Crippen molar-refractivity contribution in [3.8, 4) is 0 Å². The summed E-state index contributed by atoms with van der Waals surface area (Å²) >= 11 is 0. The molecular weight excluding hydrogens is 236 g/mol. The fourth-order valence-electron chi connectivity index (χ4n) is 1.35. The summed E-state index contributed by atoms with van der Waals surface area (Å²) in [5.74, 6) is -1.10. The molecule has 0 saturated heterocycles. The van der Waals surface area contributed by atoms with Crippen LogP contribution in [0.5, 0.6) is 0 Å². The third-order valence-electron chi connectivity index (χ3n) is 2.12. The molecule has 7 nitrogen and oxygen atoms in total.